The van der Waals surface area contributed by atoms with E-state index < -0.39 is 16.1 Å². The van der Waals surface area contributed by atoms with Gasteiger partial charge in [-0.1, -0.05) is 42.5 Å². The number of hydrogen-bond donors (Lipinski definition) is 1. The average Bonchev–Trinajstić information content (AvgIpc) is 2.48. The molecule has 0 saturated heterocycles. The largest absolute Gasteiger partial charge is 0.303 e. The highest BCUT2D eigenvalue weighted by molar-refractivity contribution is 7.87. The maximum absolute atomic E-state index is 12.2. The van der Waals surface area contributed by atoms with E-state index in [-0.39, 0.29) is 12.5 Å². The van der Waals surface area contributed by atoms with E-state index in [0.717, 1.165) is 16.3 Å². The van der Waals surface area contributed by atoms with Crippen LogP contribution >= 0.6 is 0 Å². The lowest BCUT2D eigenvalue weighted by Gasteiger charge is -2.21. The van der Waals surface area contributed by atoms with E-state index in [1.54, 1.807) is 0 Å². The number of nitrogens with one attached hydrogen (secondary N) is 1. The third kappa shape index (κ3) is 4.41. The average molecular weight is 308 g/mol. The molecule has 2 rings (SSSR count). The summed E-state index contributed by atoms with van der Waals surface area (Å²) in [5.74, 6) is -0.672. The molecule has 0 radical (unpaired) electrons. The molecule has 0 spiro atoms. The van der Waals surface area contributed by atoms with E-state index in [9.17, 15) is 13.2 Å². The molecule has 0 aromatic heterocycles. The SMILES string of the molecule is CN(Cc1ccccc1)S(=O)(=O)NC(=O)C1CC=CCC1. The van der Waals surface area contributed by atoms with E-state index in [4.69, 9.17) is 0 Å². The molecule has 1 amide bonds. The van der Waals surface area contributed by atoms with Crippen LogP contribution in [-0.4, -0.2) is 25.7 Å². The fourth-order valence-corrected chi connectivity index (χ4v) is 3.14. The molecule has 1 N–H and O–H groups in total. The molecule has 0 bridgehead atoms. The molecule has 114 valence electrons. The molecule has 1 aliphatic rings. The topological polar surface area (TPSA) is 66.5 Å². The Morgan fingerprint density at radius 3 is 2.62 bits per heavy atom. The predicted octanol–water partition coefficient (Wildman–Crippen LogP) is 1.84. The van der Waals surface area contributed by atoms with E-state index in [1.165, 1.54) is 7.05 Å². The van der Waals surface area contributed by atoms with Crippen LogP contribution in [0, 0.1) is 5.92 Å². The highest BCUT2D eigenvalue weighted by Crippen LogP contribution is 2.18. The minimum absolute atomic E-state index is 0.230. The van der Waals surface area contributed by atoms with Gasteiger partial charge in [0, 0.05) is 19.5 Å². The second kappa shape index (κ2) is 6.87. The molecule has 0 aliphatic heterocycles. The van der Waals surface area contributed by atoms with Crippen LogP contribution in [0.4, 0.5) is 0 Å². The summed E-state index contributed by atoms with van der Waals surface area (Å²) in [6, 6.07) is 9.27. The number of hydrogen-bond acceptors (Lipinski definition) is 3. The van der Waals surface area contributed by atoms with Crippen LogP contribution in [0.15, 0.2) is 42.5 Å². The van der Waals surface area contributed by atoms with Gasteiger partial charge in [0.15, 0.2) is 0 Å². The summed E-state index contributed by atoms with van der Waals surface area (Å²) in [5, 5.41) is 0. The summed E-state index contributed by atoms with van der Waals surface area (Å²) in [7, 11) is -2.34. The molecule has 21 heavy (non-hydrogen) atoms. The number of amides is 1. The smallest absolute Gasteiger partial charge is 0.274 e. The van der Waals surface area contributed by atoms with Crippen molar-refractivity contribution in [3.8, 4) is 0 Å². The fourth-order valence-electron chi connectivity index (χ4n) is 2.25. The number of benzene rings is 1. The Labute approximate surface area is 125 Å². The third-order valence-corrected chi connectivity index (χ3v) is 4.94. The first-order valence-corrected chi connectivity index (χ1v) is 8.40. The van der Waals surface area contributed by atoms with Crippen molar-refractivity contribution in [2.75, 3.05) is 7.05 Å². The maximum Gasteiger partial charge on any atom is 0.303 e. The van der Waals surface area contributed by atoms with Crippen LogP contribution < -0.4 is 4.72 Å². The van der Waals surface area contributed by atoms with Gasteiger partial charge in [-0.2, -0.15) is 12.7 Å². The van der Waals surface area contributed by atoms with Crippen LogP contribution in [0.2, 0.25) is 0 Å². The number of rotatable bonds is 5. The van der Waals surface area contributed by atoms with Crippen LogP contribution in [0.5, 0.6) is 0 Å². The lowest BCUT2D eigenvalue weighted by molar-refractivity contribution is -0.123. The van der Waals surface area contributed by atoms with Crippen molar-refractivity contribution in [1.82, 2.24) is 9.03 Å². The molecule has 0 fully saturated rings. The van der Waals surface area contributed by atoms with Gasteiger partial charge in [-0.15, -0.1) is 0 Å². The van der Waals surface area contributed by atoms with Crippen LogP contribution in [0.1, 0.15) is 24.8 Å². The van der Waals surface area contributed by atoms with Crippen molar-refractivity contribution in [2.24, 2.45) is 5.92 Å². The second-order valence-electron chi connectivity index (χ2n) is 5.19. The predicted molar refractivity (Wildman–Crippen MR) is 81.5 cm³/mol. The maximum atomic E-state index is 12.2. The van der Waals surface area contributed by atoms with Gasteiger partial charge in [-0.05, 0) is 24.8 Å². The molecule has 1 aromatic rings. The molecule has 6 heteroatoms. The molecule has 1 aliphatic carbocycles. The molecule has 1 atom stereocenters. The summed E-state index contributed by atoms with van der Waals surface area (Å²) in [5.41, 5.74) is 0.874. The number of carbonyl (C=O) groups is 1. The zero-order valence-corrected chi connectivity index (χ0v) is 12.8. The highest BCUT2D eigenvalue weighted by atomic mass is 32.2. The minimum Gasteiger partial charge on any atom is -0.274 e. The molecular formula is C15H20N2O3S. The number of allylic oxidation sites excluding steroid dienone is 2. The van der Waals surface area contributed by atoms with Gasteiger partial charge in [-0.25, -0.2) is 4.72 Å². The standard InChI is InChI=1S/C15H20N2O3S/c1-17(12-13-8-4-2-5-9-13)21(19,20)16-15(18)14-10-6-3-7-11-14/h2-6,8-9,14H,7,10-12H2,1H3,(H,16,18). The van der Waals surface area contributed by atoms with Gasteiger partial charge in [0.2, 0.25) is 5.91 Å². The Balaban J connectivity index is 1.97. The van der Waals surface area contributed by atoms with Gasteiger partial charge >= 0.3 is 10.2 Å². The van der Waals surface area contributed by atoms with Crippen molar-refractivity contribution in [3.05, 3.63) is 48.0 Å². The first-order chi connectivity index (χ1) is 9.99. The van der Waals surface area contributed by atoms with Gasteiger partial charge < -0.3 is 0 Å². The van der Waals surface area contributed by atoms with E-state index in [1.807, 2.05) is 42.5 Å². The Kier molecular flexibility index (Phi) is 5.14. The second-order valence-corrected chi connectivity index (χ2v) is 6.97. The molecular weight excluding hydrogens is 288 g/mol. The zero-order chi connectivity index (χ0) is 15.3. The highest BCUT2D eigenvalue weighted by Gasteiger charge is 2.26. The lowest BCUT2D eigenvalue weighted by atomic mass is 9.94. The van der Waals surface area contributed by atoms with Crippen molar-refractivity contribution in [2.45, 2.75) is 25.8 Å². The quantitative estimate of drug-likeness (QED) is 0.844. The normalized spacial score (nSPS) is 18.7. The van der Waals surface area contributed by atoms with Crippen molar-refractivity contribution < 1.29 is 13.2 Å². The summed E-state index contributed by atoms with van der Waals surface area (Å²) in [4.78, 5) is 12.0. The number of nitrogens with zero attached hydrogens (tertiary/aromatic N) is 1. The summed E-state index contributed by atoms with van der Waals surface area (Å²) < 4.78 is 27.7. The Bertz CT molecular complexity index is 611. The zero-order valence-electron chi connectivity index (χ0n) is 12.0. The monoisotopic (exact) mass is 308 g/mol. The van der Waals surface area contributed by atoms with Crippen molar-refractivity contribution in [3.63, 3.8) is 0 Å². The van der Waals surface area contributed by atoms with E-state index >= 15 is 0 Å². The third-order valence-electron chi connectivity index (χ3n) is 3.53. The van der Waals surface area contributed by atoms with Gasteiger partial charge in [0.05, 0.1) is 0 Å². The fraction of sp³-hybridized carbons (Fsp3) is 0.400. The lowest BCUT2D eigenvalue weighted by Crippen LogP contribution is -2.43. The van der Waals surface area contributed by atoms with Gasteiger partial charge in [-0.3, -0.25) is 4.79 Å². The van der Waals surface area contributed by atoms with Crippen molar-refractivity contribution >= 4 is 16.1 Å². The van der Waals surface area contributed by atoms with E-state index in [2.05, 4.69) is 4.72 Å². The van der Waals surface area contributed by atoms with Crippen LogP contribution in [0.25, 0.3) is 0 Å². The Morgan fingerprint density at radius 2 is 2.00 bits per heavy atom. The van der Waals surface area contributed by atoms with E-state index in [0.29, 0.717) is 12.8 Å². The first kappa shape index (κ1) is 15.7. The minimum atomic E-state index is -3.80. The number of carbonyl (C=O) groups excluding carboxylic acids is 1. The van der Waals surface area contributed by atoms with Gasteiger partial charge in [0.1, 0.15) is 0 Å². The molecule has 5 nitrogen and oxygen atoms in total. The van der Waals surface area contributed by atoms with Crippen LogP contribution in [-0.2, 0) is 21.5 Å². The molecule has 0 heterocycles. The molecule has 1 aromatic carbocycles. The summed E-state index contributed by atoms with van der Waals surface area (Å²) >= 11 is 0. The Hall–Kier alpha value is -1.66. The summed E-state index contributed by atoms with van der Waals surface area (Å²) in [6.45, 7) is 0.230. The van der Waals surface area contributed by atoms with Crippen LogP contribution in [0.3, 0.4) is 0 Å². The Morgan fingerprint density at radius 1 is 1.29 bits per heavy atom. The molecule has 1 unspecified atom stereocenters. The summed E-state index contributed by atoms with van der Waals surface area (Å²) in [6.07, 6.45) is 6.05. The first-order valence-electron chi connectivity index (χ1n) is 6.96. The molecule has 0 saturated carbocycles. The van der Waals surface area contributed by atoms with Gasteiger partial charge in [0.25, 0.3) is 0 Å². The van der Waals surface area contributed by atoms with Crippen molar-refractivity contribution in [1.29, 1.82) is 0 Å².